The number of aliphatic hydroxyl groups excluding tert-OH is 1. The number of aromatic amines is 1. The standard InChI is InChI=1S/C16H14FN3O2/c17-12-4-2-1-3-11(12)15(21)8-18-16(22)10-5-6-13-14(7-10)20-9-19-13/h1-7,9,15,21H,8H2,(H,18,22)(H,19,20)/t15-/m0/s1. The zero-order chi connectivity index (χ0) is 15.5. The molecule has 0 radical (unpaired) electrons. The number of nitrogens with one attached hydrogen (secondary N) is 2. The van der Waals surface area contributed by atoms with Gasteiger partial charge in [-0.05, 0) is 24.3 Å². The molecular weight excluding hydrogens is 285 g/mol. The van der Waals surface area contributed by atoms with Gasteiger partial charge in [-0.3, -0.25) is 4.79 Å². The molecule has 0 aliphatic rings. The van der Waals surface area contributed by atoms with Crippen LogP contribution in [0.3, 0.4) is 0 Å². The van der Waals surface area contributed by atoms with Gasteiger partial charge in [0.05, 0.1) is 23.5 Å². The van der Waals surface area contributed by atoms with E-state index in [1.54, 1.807) is 36.7 Å². The van der Waals surface area contributed by atoms with E-state index in [4.69, 9.17) is 0 Å². The Kier molecular flexibility index (Phi) is 3.84. The van der Waals surface area contributed by atoms with E-state index in [1.165, 1.54) is 12.1 Å². The van der Waals surface area contributed by atoms with Crippen LogP contribution in [0.1, 0.15) is 22.0 Å². The Bertz CT molecular complexity index is 816. The monoisotopic (exact) mass is 299 g/mol. The lowest BCUT2D eigenvalue weighted by Crippen LogP contribution is -2.28. The largest absolute Gasteiger partial charge is 0.386 e. The van der Waals surface area contributed by atoms with Gasteiger partial charge < -0.3 is 15.4 Å². The van der Waals surface area contributed by atoms with Crippen LogP contribution in [-0.4, -0.2) is 27.5 Å². The van der Waals surface area contributed by atoms with Crippen molar-refractivity contribution in [3.63, 3.8) is 0 Å². The molecule has 0 aliphatic heterocycles. The number of imidazole rings is 1. The number of hydrogen-bond donors (Lipinski definition) is 3. The number of halogens is 1. The maximum atomic E-state index is 13.5. The lowest BCUT2D eigenvalue weighted by molar-refractivity contribution is 0.0914. The topological polar surface area (TPSA) is 78.0 Å². The highest BCUT2D eigenvalue weighted by Gasteiger charge is 2.14. The van der Waals surface area contributed by atoms with Crippen LogP contribution in [0, 0.1) is 5.82 Å². The van der Waals surface area contributed by atoms with E-state index in [0.717, 1.165) is 11.0 Å². The highest BCUT2D eigenvalue weighted by Crippen LogP contribution is 2.16. The molecule has 22 heavy (non-hydrogen) atoms. The van der Waals surface area contributed by atoms with Crippen LogP contribution in [0.2, 0.25) is 0 Å². The van der Waals surface area contributed by atoms with Crippen molar-refractivity contribution in [2.75, 3.05) is 6.54 Å². The molecule has 1 amide bonds. The molecule has 5 nitrogen and oxygen atoms in total. The molecule has 0 saturated carbocycles. The van der Waals surface area contributed by atoms with Crippen LogP contribution in [0.5, 0.6) is 0 Å². The number of carbonyl (C=O) groups excluding carboxylic acids is 1. The zero-order valence-electron chi connectivity index (χ0n) is 11.6. The van der Waals surface area contributed by atoms with Gasteiger partial charge in [0.1, 0.15) is 5.82 Å². The van der Waals surface area contributed by atoms with Gasteiger partial charge in [-0.2, -0.15) is 0 Å². The third kappa shape index (κ3) is 2.82. The second-order valence-corrected chi connectivity index (χ2v) is 4.88. The van der Waals surface area contributed by atoms with Gasteiger partial charge >= 0.3 is 0 Å². The Hall–Kier alpha value is -2.73. The summed E-state index contributed by atoms with van der Waals surface area (Å²) >= 11 is 0. The SMILES string of the molecule is O=C(NC[C@H](O)c1ccccc1F)c1ccc2nc[nH]c2c1. The van der Waals surface area contributed by atoms with Gasteiger partial charge in [-0.1, -0.05) is 18.2 Å². The van der Waals surface area contributed by atoms with Crippen LogP contribution < -0.4 is 5.32 Å². The van der Waals surface area contributed by atoms with Crippen molar-refractivity contribution in [1.82, 2.24) is 15.3 Å². The minimum absolute atomic E-state index is 0.0687. The van der Waals surface area contributed by atoms with Gasteiger partial charge in [0.2, 0.25) is 0 Å². The van der Waals surface area contributed by atoms with Crippen LogP contribution in [0.25, 0.3) is 11.0 Å². The minimum atomic E-state index is -1.10. The van der Waals surface area contributed by atoms with Crippen molar-refractivity contribution in [1.29, 1.82) is 0 Å². The quantitative estimate of drug-likeness (QED) is 0.691. The van der Waals surface area contributed by atoms with Crippen LogP contribution in [0.15, 0.2) is 48.8 Å². The third-order valence-corrected chi connectivity index (χ3v) is 3.40. The van der Waals surface area contributed by atoms with E-state index in [2.05, 4.69) is 15.3 Å². The maximum absolute atomic E-state index is 13.5. The number of H-pyrrole nitrogens is 1. The molecule has 3 rings (SSSR count). The van der Waals surface area contributed by atoms with Crippen LogP contribution >= 0.6 is 0 Å². The molecule has 2 aromatic carbocycles. The van der Waals surface area contributed by atoms with E-state index in [1.807, 2.05) is 0 Å². The summed E-state index contributed by atoms with van der Waals surface area (Å²) in [6.07, 6.45) is 0.454. The first kappa shape index (κ1) is 14.2. The van der Waals surface area contributed by atoms with E-state index in [9.17, 15) is 14.3 Å². The summed E-state index contributed by atoms with van der Waals surface area (Å²) in [5.74, 6) is -0.838. The molecule has 0 fully saturated rings. The number of fused-ring (bicyclic) bond motifs is 1. The summed E-state index contributed by atoms with van der Waals surface area (Å²) in [5.41, 5.74) is 2.12. The Morgan fingerprint density at radius 2 is 2.14 bits per heavy atom. The fourth-order valence-electron chi connectivity index (χ4n) is 2.22. The smallest absolute Gasteiger partial charge is 0.251 e. The Morgan fingerprint density at radius 1 is 1.32 bits per heavy atom. The van der Waals surface area contributed by atoms with E-state index in [-0.39, 0.29) is 18.0 Å². The number of carbonyl (C=O) groups is 1. The molecule has 0 saturated heterocycles. The molecule has 0 aliphatic carbocycles. The normalized spacial score (nSPS) is 12.3. The Labute approximate surface area is 125 Å². The van der Waals surface area contributed by atoms with Gasteiger partial charge in [0.25, 0.3) is 5.91 Å². The maximum Gasteiger partial charge on any atom is 0.251 e. The van der Waals surface area contributed by atoms with Crippen LogP contribution in [0.4, 0.5) is 4.39 Å². The molecule has 112 valence electrons. The van der Waals surface area contributed by atoms with E-state index >= 15 is 0 Å². The predicted molar refractivity (Wildman–Crippen MR) is 79.8 cm³/mol. The molecule has 1 heterocycles. The molecule has 3 aromatic rings. The average Bonchev–Trinajstić information content (AvgIpc) is 3.00. The Morgan fingerprint density at radius 3 is 2.95 bits per heavy atom. The number of benzene rings is 2. The molecular formula is C16H14FN3O2. The van der Waals surface area contributed by atoms with Gasteiger partial charge in [0, 0.05) is 17.7 Å². The summed E-state index contributed by atoms with van der Waals surface area (Å²) < 4.78 is 13.5. The average molecular weight is 299 g/mol. The number of aromatic nitrogens is 2. The van der Waals surface area contributed by atoms with Gasteiger partial charge in [0.15, 0.2) is 0 Å². The molecule has 0 spiro atoms. The molecule has 0 unspecified atom stereocenters. The summed E-state index contributed by atoms with van der Waals surface area (Å²) in [7, 11) is 0. The summed E-state index contributed by atoms with van der Waals surface area (Å²) in [6, 6.07) is 11.0. The first-order chi connectivity index (χ1) is 10.6. The van der Waals surface area contributed by atoms with E-state index < -0.39 is 11.9 Å². The second-order valence-electron chi connectivity index (χ2n) is 4.88. The molecule has 6 heteroatoms. The number of rotatable bonds is 4. The lowest BCUT2D eigenvalue weighted by Gasteiger charge is -2.13. The number of amides is 1. The molecule has 1 aromatic heterocycles. The minimum Gasteiger partial charge on any atom is -0.386 e. The van der Waals surface area contributed by atoms with E-state index in [0.29, 0.717) is 5.56 Å². The van der Waals surface area contributed by atoms with Crippen molar-refractivity contribution < 1.29 is 14.3 Å². The highest BCUT2D eigenvalue weighted by molar-refractivity contribution is 5.97. The fraction of sp³-hybridized carbons (Fsp3) is 0.125. The first-order valence-electron chi connectivity index (χ1n) is 6.79. The van der Waals surface area contributed by atoms with Gasteiger partial charge in [-0.25, -0.2) is 9.37 Å². The Balaban J connectivity index is 1.68. The summed E-state index contributed by atoms with van der Waals surface area (Å²) in [5, 5.41) is 12.6. The fourth-order valence-corrected chi connectivity index (χ4v) is 2.22. The highest BCUT2D eigenvalue weighted by atomic mass is 19.1. The van der Waals surface area contributed by atoms with Crippen molar-refractivity contribution in [3.05, 3.63) is 65.7 Å². The zero-order valence-corrected chi connectivity index (χ0v) is 11.6. The molecule has 1 atom stereocenters. The summed E-state index contributed by atoms with van der Waals surface area (Å²) in [4.78, 5) is 19.1. The molecule has 3 N–H and O–H groups in total. The van der Waals surface area contributed by atoms with Gasteiger partial charge in [-0.15, -0.1) is 0 Å². The summed E-state index contributed by atoms with van der Waals surface area (Å²) in [6.45, 7) is -0.0687. The van der Waals surface area contributed by atoms with Crippen LogP contribution in [-0.2, 0) is 0 Å². The lowest BCUT2D eigenvalue weighted by atomic mass is 10.1. The second kappa shape index (κ2) is 5.95. The number of hydrogen-bond acceptors (Lipinski definition) is 3. The molecule has 0 bridgehead atoms. The first-order valence-corrected chi connectivity index (χ1v) is 6.79. The van der Waals surface area contributed by atoms with Crippen molar-refractivity contribution in [2.45, 2.75) is 6.10 Å². The predicted octanol–water partition coefficient (Wildman–Crippen LogP) is 2.17. The van der Waals surface area contributed by atoms with Crippen molar-refractivity contribution in [3.8, 4) is 0 Å². The number of nitrogens with zero attached hydrogens (tertiary/aromatic N) is 1. The van der Waals surface area contributed by atoms with Crippen molar-refractivity contribution in [2.24, 2.45) is 0 Å². The number of aliphatic hydroxyl groups is 1. The van der Waals surface area contributed by atoms with Crippen molar-refractivity contribution >= 4 is 16.9 Å². The third-order valence-electron chi connectivity index (χ3n) is 3.40.